The number of carbonyl (C=O) groups is 1. The van der Waals surface area contributed by atoms with E-state index in [1.54, 1.807) is 18.2 Å². The van der Waals surface area contributed by atoms with Gasteiger partial charge in [-0.15, -0.1) is 0 Å². The van der Waals surface area contributed by atoms with Gasteiger partial charge < -0.3 is 15.4 Å². The van der Waals surface area contributed by atoms with Crippen molar-refractivity contribution in [3.05, 3.63) is 59.7 Å². The number of hydrogen-bond donors (Lipinski definition) is 2. The third-order valence-electron chi connectivity index (χ3n) is 4.34. The molecule has 2 aliphatic heterocycles. The summed E-state index contributed by atoms with van der Waals surface area (Å²) in [6.07, 6.45) is 0.200. The molecule has 2 aromatic carbocycles. The summed E-state index contributed by atoms with van der Waals surface area (Å²) in [6, 6.07) is 15.2. The van der Waals surface area contributed by atoms with Gasteiger partial charge in [0.2, 0.25) is 0 Å². The molecule has 1 spiro atoms. The van der Waals surface area contributed by atoms with E-state index in [1.807, 2.05) is 30.3 Å². The van der Waals surface area contributed by atoms with Crippen LogP contribution in [0, 0.1) is 0 Å². The molecule has 2 radical (unpaired) electrons. The van der Waals surface area contributed by atoms with Crippen LogP contribution in [0.2, 0.25) is 0 Å². The smallest absolute Gasteiger partial charge is 0.256 e. The number of benzene rings is 2. The van der Waals surface area contributed by atoms with Gasteiger partial charge in [0, 0.05) is 12.0 Å². The number of rotatable bonds is 1. The fraction of sp³-hybridized carbons (Fsp3) is 0.176. The van der Waals surface area contributed by atoms with Crippen LogP contribution in [0.15, 0.2) is 48.5 Å². The minimum Gasteiger partial charge on any atom is -0.485 e. The van der Waals surface area contributed by atoms with Crippen LogP contribution >= 0.6 is 12.2 Å². The van der Waals surface area contributed by atoms with Crippen LogP contribution in [-0.2, 0) is 10.3 Å². The van der Waals surface area contributed by atoms with E-state index in [1.165, 1.54) is 0 Å². The predicted molar refractivity (Wildman–Crippen MR) is 91.8 cm³/mol. The average Bonchev–Trinajstić information content (AvgIpc) is 2.83. The van der Waals surface area contributed by atoms with Crippen molar-refractivity contribution in [2.45, 2.75) is 18.1 Å². The minimum absolute atomic E-state index is 0.168. The maximum atomic E-state index is 12.7. The molecule has 4 nitrogen and oxygen atoms in total. The summed E-state index contributed by atoms with van der Waals surface area (Å²) in [5, 5.41) is 6.16. The molecule has 112 valence electrons. The zero-order valence-corrected chi connectivity index (χ0v) is 13.0. The molecule has 1 amide bonds. The molecule has 2 heterocycles. The summed E-state index contributed by atoms with van der Waals surface area (Å²) in [5.74, 6) is 0.477. The van der Waals surface area contributed by atoms with Gasteiger partial charge in [-0.05, 0) is 23.8 Å². The van der Waals surface area contributed by atoms with Crippen LogP contribution in [0.4, 0.5) is 0 Å². The first kappa shape index (κ1) is 14.3. The molecule has 1 fully saturated rings. The Labute approximate surface area is 140 Å². The number of amides is 1. The van der Waals surface area contributed by atoms with Gasteiger partial charge in [-0.1, -0.05) is 47.9 Å². The van der Waals surface area contributed by atoms with Crippen molar-refractivity contribution in [3.63, 3.8) is 0 Å². The van der Waals surface area contributed by atoms with Crippen molar-refractivity contribution >= 4 is 36.5 Å². The second-order valence-electron chi connectivity index (χ2n) is 5.79. The highest BCUT2D eigenvalue weighted by atomic mass is 32.1. The lowest BCUT2D eigenvalue weighted by Crippen LogP contribution is -2.48. The van der Waals surface area contributed by atoms with Crippen molar-refractivity contribution in [1.82, 2.24) is 10.6 Å². The van der Waals surface area contributed by atoms with E-state index >= 15 is 0 Å². The molecule has 2 unspecified atom stereocenters. The van der Waals surface area contributed by atoms with E-state index in [0.717, 1.165) is 11.1 Å². The first-order valence-corrected chi connectivity index (χ1v) is 7.74. The highest BCUT2D eigenvalue weighted by Crippen LogP contribution is 2.45. The van der Waals surface area contributed by atoms with Gasteiger partial charge in [0.05, 0.1) is 0 Å². The molecular weight excluding hydrogens is 307 g/mol. The Balaban J connectivity index is 1.86. The van der Waals surface area contributed by atoms with E-state index in [9.17, 15) is 4.79 Å². The molecule has 2 atom stereocenters. The van der Waals surface area contributed by atoms with Gasteiger partial charge in [-0.3, -0.25) is 4.79 Å². The Kier molecular flexibility index (Phi) is 3.16. The van der Waals surface area contributed by atoms with E-state index in [4.69, 9.17) is 24.8 Å². The topological polar surface area (TPSA) is 50.4 Å². The van der Waals surface area contributed by atoms with Crippen molar-refractivity contribution in [2.75, 3.05) is 0 Å². The van der Waals surface area contributed by atoms with Gasteiger partial charge in [0.1, 0.15) is 19.7 Å². The molecule has 0 aromatic heterocycles. The summed E-state index contributed by atoms with van der Waals surface area (Å²) in [6.45, 7) is 0. The Morgan fingerprint density at radius 3 is 2.70 bits per heavy atom. The monoisotopic (exact) mass is 320 g/mol. The number of carbonyl (C=O) groups excluding carboxylic acids is 1. The van der Waals surface area contributed by atoms with E-state index < -0.39 is 5.54 Å². The molecule has 2 aromatic rings. The van der Waals surface area contributed by atoms with Crippen LogP contribution in [0.5, 0.6) is 5.75 Å². The lowest BCUT2D eigenvalue weighted by atomic mass is 9.78. The third-order valence-corrected chi connectivity index (χ3v) is 4.54. The number of thiocarbonyl (C=S) groups is 1. The second-order valence-corrected chi connectivity index (χ2v) is 6.20. The normalized spacial score (nSPS) is 25.5. The Morgan fingerprint density at radius 2 is 2.00 bits per heavy atom. The number of hydrogen-bond acceptors (Lipinski definition) is 3. The molecule has 2 aliphatic rings. The van der Waals surface area contributed by atoms with Gasteiger partial charge in [-0.2, -0.15) is 0 Å². The Bertz CT molecular complexity index is 811. The van der Waals surface area contributed by atoms with Gasteiger partial charge in [-0.25, -0.2) is 0 Å². The lowest BCUT2D eigenvalue weighted by molar-refractivity contribution is -0.126. The van der Waals surface area contributed by atoms with Crippen LogP contribution in [0.25, 0.3) is 0 Å². The van der Waals surface area contributed by atoms with Crippen LogP contribution in [0.3, 0.4) is 0 Å². The zero-order chi connectivity index (χ0) is 16.0. The first-order valence-electron chi connectivity index (χ1n) is 7.34. The lowest BCUT2D eigenvalue weighted by Gasteiger charge is -2.38. The van der Waals surface area contributed by atoms with Gasteiger partial charge >= 0.3 is 0 Å². The Morgan fingerprint density at radius 1 is 1.22 bits per heavy atom. The van der Waals surface area contributed by atoms with E-state index in [2.05, 4.69) is 10.6 Å². The molecule has 0 saturated carbocycles. The molecule has 6 heteroatoms. The Hall–Kier alpha value is -2.34. The highest BCUT2D eigenvalue weighted by Gasteiger charge is 2.52. The molecule has 0 bridgehead atoms. The zero-order valence-electron chi connectivity index (χ0n) is 12.2. The van der Waals surface area contributed by atoms with Crippen LogP contribution < -0.4 is 20.8 Å². The van der Waals surface area contributed by atoms with Crippen LogP contribution in [0.1, 0.15) is 23.7 Å². The fourth-order valence-corrected chi connectivity index (χ4v) is 3.51. The summed E-state index contributed by atoms with van der Waals surface area (Å²) in [7, 11) is 5.91. The van der Waals surface area contributed by atoms with Crippen molar-refractivity contribution in [2.24, 2.45) is 0 Å². The molecule has 0 aliphatic carbocycles. The van der Waals surface area contributed by atoms with E-state index in [0.29, 0.717) is 22.7 Å². The van der Waals surface area contributed by atoms with Crippen molar-refractivity contribution < 1.29 is 9.53 Å². The summed E-state index contributed by atoms with van der Waals surface area (Å²) in [5.41, 5.74) is 1.38. The fourth-order valence-electron chi connectivity index (χ4n) is 3.25. The third kappa shape index (κ3) is 2.21. The summed E-state index contributed by atoms with van der Waals surface area (Å²) >= 11 is 5.15. The van der Waals surface area contributed by atoms with E-state index in [-0.39, 0.29) is 12.0 Å². The average molecular weight is 320 g/mol. The standard InChI is InChI=1S/C17H13BN2O2S/c18-11-6-7-13-12(8-11)17(15(21)19-16(23)20-17)9-14(22-13)10-4-2-1-3-5-10/h1-8,14H,9H2,(H2,19,20,21,23). The molecule has 4 rings (SSSR count). The SMILES string of the molecule is [B]c1ccc2c(c1)C1(CC(c3ccccc3)O2)NC(=S)NC1=O. The highest BCUT2D eigenvalue weighted by molar-refractivity contribution is 7.80. The number of ether oxygens (including phenoxy) is 1. The first-order chi connectivity index (χ1) is 11.1. The second kappa shape index (κ2) is 5.10. The molecular formula is C17H13BN2O2S. The van der Waals surface area contributed by atoms with Crippen molar-refractivity contribution in [1.29, 1.82) is 0 Å². The molecule has 2 N–H and O–H groups in total. The summed E-state index contributed by atoms with van der Waals surface area (Å²) < 4.78 is 6.12. The predicted octanol–water partition coefficient (Wildman–Crippen LogP) is 1.20. The number of nitrogens with one attached hydrogen (secondary N) is 2. The number of fused-ring (bicyclic) bond motifs is 2. The quantitative estimate of drug-likeness (QED) is 0.612. The largest absolute Gasteiger partial charge is 0.485 e. The minimum atomic E-state index is -0.944. The maximum Gasteiger partial charge on any atom is 0.256 e. The van der Waals surface area contributed by atoms with Crippen LogP contribution in [-0.4, -0.2) is 18.9 Å². The maximum absolute atomic E-state index is 12.7. The molecule has 1 saturated heterocycles. The summed E-state index contributed by atoms with van der Waals surface area (Å²) in [4.78, 5) is 12.7. The van der Waals surface area contributed by atoms with Gasteiger partial charge in [0.25, 0.3) is 5.91 Å². The van der Waals surface area contributed by atoms with Crippen molar-refractivity contribution in [3.8, 4) is 5.75 Å². The molecule has 23 heavy (non-hydrogen) atoms. The van der Waals surface area contributed by atoms with Gasteiger partial charge in [0.15, 0.2) is 10.7 Å².